The molecule has 0 amide bonds. The fourth-order valence-electron chi connectivity index (χ4n) is 1.86. The molecule has 104 valence electrons. The summed E-state index contributed by atoms with van der Waals surface area (Å²) in [6, 6.07) is 9.30. The molecule has 1 atom stereocenters. The topological polar surface area (TPSA) is 49.3 Å². The van der Waals surface area contributed by atoms with Crippen LogP contribution in [-0.4, -0.2) is 11.1 Å². The maximum absolute atomic E-state index is 13.8. The second-order valence-corrected chi connectivity index (χ2v) is 4.42. The van der Waals surface area contributed by atoms with Gasteiger partial charge in [-0.2, -0.15) is 0 Å². The number of halogens is 2. The van der Waals surface area contributed by atoms with Crippen molar-refractivity contribution in [2.75, 3.05) is 5.32 Å². The summed E-state index contributed by atoms with van der Waals surface area (Å²) in [7, 11) is 0. The predicted molar refractivity (Wildman–Crippen MR) is 71.8 cm³/mol. The minimum absolute atomic E-state index is 0.119. The average molecular weight is 277 g/mol. The highest BCUT2D eigenvalue weighted by Gasteiger charge is 2.11. The normalized spacial score (nSPS) is 11.9. The van der Waals surface area contributed by atoms with E-state index in [0.29, 0.717) is 5.56 Å². The van der Waals surface area contributed by atoms with Crippen LogP contribution in [0.4, 0.5) is 14.5 Å². The number of aromatic carboxylic acids is 1. The van der Waals surface area contributed by atoms with Gasteiger partial charge in [0, 0.05) is 6.04 Å². The van der Waals surface area contributed by atoms with Gasteiger partial charge in [0.2, 0.25) is 0 Å². The molecule has 2 rings (SSSR count). The van der Waals surface area contributed by atoms with Gasteiger partial charge in [0.25, 0.3) is 0 Å². The van der Waals surface area contributed by atoms with Crippen molar-refractivity contribution in [2.45, 2.75) is 13.0 Å². The number of hydrogen-bond acceptors (Lipinski definition) is 2. The number of benzene rings is 2. The van der Waals surface area contributed by atoms with E-state index in [4.69, 9.17) is 5.11 Å². The molecule has 0 radical (unpaired) electrons. The van der Waals surface area contributed by atoms with Crippen LogP contribution in [0.3, 0.4) is 0 Å². The standard InChI is InChI=1S/C15H13F2NO2/c1-9(10-3-2-4-12(16)7-10)18-14-6-5-11(15(19)20)8-13(14)17/h2-9,18H,1H3,(H,19,20). The van der Waals surface area contributed by atoms with Crippen LogP contribution in [0.5, 0.6) is 0 Å². The molecule has 1 unspecified atom stereocenters. The van der Waals surface area contributed by atoms with Crippen LogP contribution in [0, 0.1) is 11.6 Å². The Kier molecular flexibility index (Phi) is 3.98. The van der Waals surface area contributed by atoms with Crippen molar-refractivity contribution in [1.29, 1.82) is 0 Å². The number of hydrogen-bond donors (Lipinski definition) is 2. The lowest BCUT2D eigenvalue weighted by atomic mass is 10.1. The van der Waals surface area contributed by atoms with Gasteiger partial charge in [-0.25, -0.2) is 13.6 Å². The van der Waals surface area contributed by atoms with Gasteiger partial charge in [0.15, 0.2) is 0 Å². The molecule has 5 heteroatoms. The first kappa shape index (κ1) is 14.0. The van der Waals surface area contributed by atoms with Crippen molar-refractivity contribution in [2.24, 2.45) is 0 Å². The quantitative estimate of drug-likeness (QED) is 0.892. The average Bonchev–Trinajstić information content (AvgIpc) is 2.40. The van der Waals surface area contributed by atoms with E-state index in [1.807, 2.05) is 0 Å². The van der Waals surface area contributed by atoms with Crippen LogP contribution in [0.25, 0.3) is 0 Å². The van der Waals surface area contributed by atoms with E-state index >= 15 is 0 Å². The highest BCUT2D eigenvalue weighted by atomic mass is 19.1. The summed E-state index contributed by atoms with van der Waals surface area (Å²) in [5.74, 6) is -2.21. The highest BCUT2D eigenvalue weighted by molar-refractivity contribution is 5.88. The van der Waals surface area contributed by atoms with Gasteiger partial charge in [-0.15, -0.1) is 0 Å². The summed E-state index contributed by atoms with van der Waals surface area (Å²) in [5, 5.41) is 11.6. The first-order valence-electron chi connectivity index (χ1n) is 6.02. The smallest absolute Gasteiger partial charge is 0.335 e. The number of rotatable bonds is 4. The summed E-state index contributed by atoms with van der Waals surface area (Å²) in [6.07, 6.45) is 0. The van der Waals surface area contributed by atoms with Crippen LogP contribution in [0.15, 0.2) is 42.5 Å². The van der Waals surface area contributed by atoms with Gasteiger partial charge >= 0.3 is 5.97 Å². The molecule has 0 heterocycles. The number of carbonyl (C=O) groups is 1. The van der Waals surface area contributed by atoms with Gasteiger partial charge in [-0.05, 0) is 42.8 Å². The Labute approximate surface area is 114 Å². The van der Waals surface area contributed by atoms with Crippen LogP contribution >= 0.6 is 0 Å². The van der Waals surface area contributed by atoms with Gasteiger partial charge in [0.1, 0.15) is 11.6 Å². The van der Waals surface area contributed by atoms with Crippen molar-refractivity contribution in [3.05, 3.63) is 65.2 Å². The number of carboxylic acids is 1. The van der Waals surface area contributed by atoms with E-state index < -0.39 is 11.8 Å². The summed E-state index contributed by atoms with van der Waals surface area (Å²) in [5.41, 5.74) is 0.727. The molecular weight excluding hydrogens is 264 g/mol. The maximum Gasteiger partial charge on any atom is 0.335 e. The Morgan fingerprint density at radius 1 is 1.20 bits per heavy atom. The van der Waals surface area contributed by atoms with Crippen molar-refractivity contribution >= 4 is 11.7 Å². The van der Waals surface area contributed by atoms with Crippen LogP contribution in [-0.2, 0) is 0 Å². The third-order valence-corrected chi connectivity index (χ3v) is 2.94. The minimum Gasteiger partial charge on any atom is -0.478 e. The Bertz CT molecular complexity index is 644. The molecule has 2 N–H and O–H groups in total. The lowest BCUT2D eigenvalue weighted by molar-refractivity contribution is 0.0696. The third-order valence-electron chi connectivity index (χ3n) is 2.94. The predicted octanol–water partition coefficient (Wildman–Crippen LogP) is 3.84. The molecule has 0 aromatic heterocycles. The molecule has 0 aliphatic carbocycles. The Balaban J connectivity index is 2.19. The van der Waals surface area contributed by atoms with E-state index in [1.54, 1.807) is 19.1 Å². The second-order valence-electron chi connectivity index (χ2n) is 4.42. The zero-order chi connectivity index (χ0) is 14.7. The summed E-state index contributed by atoms with van der Waals surface area (Å²) in [6.45, 7) is 1.76. The van der Waals surface area contributed by atoms with Gasteiger partial charge in [-0.1, -0.05) is 12.1 Å². The van der Waals surface area contributed by atoms with E-state index in [0.717, 1.165) is 6.07 Å². The molecular formula is C15H13F2NO2. The molecule has 0 saturated heterocycles. The monoisotopic (exact) mass is 277 g/mol. The SMILES string of the molecule is CC(Nc1ccc(C(=O)O)cc1F)c1cccc(F)c1. The van der Waals surface area contributed by atoms with Gasteiger partial charge < -0.3 is 10.4 Å². The highest BCUT2D eigenvalue weighted by Crippen LogP contribution is 2.23. The molecule has 0 aliphatic rings. The summed E-state index contributed by atoms with van der Waals surface area (Å²) in [4.78, 5) is 10.7. The first-order valence-corrected chi connectivity index (χ1v) is 6.02. The summed E-state index contributed by atoms with van der Waals surface area (Å²) < 4.78 is 26.9. The van der Waals surface area contributed by atoms with Crippen LogP contribution in [0.1, 0.15) is 28.9 Å². The molecule has 0 aliphatic heterocycles. The zero-order valence-electron chi connectivity index (χ0n) is 10.7. The van der Waals surface area contributed by atoms with E-state index in [-0.39, 0.29) is 23.1 Å². The van der Waals surface area contributed by atoms with Crippen molar-refractivity contribution in [3.63, 3.8) is 0 Å². The molecule has 0 saturated carbocycles. The second kappa shape index (κ2) is 5.69. The fourth-order valence-corrected chi connectivity index (χ4v) is 1.86. The van der Waals surface area contributed by atoms with E-state index in [1.165, 1.54) is 24.3 Å². The van der Waals surface area contributed by atoms with E-state index in [9.17, 15) is 13.6 Å². The minimum atomic E-state index is -1.19. The van der Waals surface area contributed by atoms with Gasteiger partial charge in [0.05, 0.1) is 11.3 Å². The Morgan fingerprint density at radius 2 is 1.95 bits per heavy atom. The van der Waals surface area contributed by atoms with Gasteiger partial charge in [-0.3, -0.25) is 0 Å². The molecule has 2 aromatic rings. The molecule has 0 fully saturated rings. The lowest BCUT2D eigenvalue weighted by Crippen LogP contribution is -2.09. The Hall–Kier alpha value is -2.43. The largest absolute Gasteiger partial charge is 0.478 e. The Morgan fingerprint density at radius 3 is 2.55 bits per heavy atom. The molecule has 3 nitrogen and oxygen atoms in total. The summed E-state index contributed by atoms with van der Waals surface area (Å²) >= 11 is 0. The molecule has 0 bridgehead atoms. The van der Waals surface area contributed by atoms with Crippen LogP contribution in [0.2, 0.25) is 0 Å². The first-order chi connectivity index (χ1) is 9.47. The molecule has 20 heavy (non-hydrogen) atoms. The van der Waals surface area contributed by atoms with Crippen molar-refractivity contribution in [1.82, 2.24) is 0 Å². The van der Waals surface area contributed by atoms with Crippen LogP contribution < -0.4 is 5.32 Å². The number of carboxylic acid groups (broad SMARTS) is 1. The van der Waals surface area contributed by atoms with E-state index in [2.05, 4.69) is 5.32 Å². The zero-order valence-corrected chi connectivity index (χ0v) is 10.7. The molecule has 2 aromatic carbocycles. The maximum atomic E-state index is 13.8. The number of nitrogens with one attached hydrogen (secondary N) is 1. The third kappa shape index (κ3) is 3.12. The van der Waals surface area contributed by atoms with Crippen molar-refractivity contribution in [3.8, 4) is 0 Å². The van der Waals surface area contributed by atoms with Crippen molar-refractivity contribution < 1.29 is 18.7 Å². The fraction of sp³-hybridized carbons (Fsp3) is 0.133. The number of anilines is 1. The lowest BCUT2D eigenvalue weighted by Gasteiger charge is -2.16. The molecule has 0 spiro atoms.